The molecule has 3 aromatic rings. The maximum absolute atomic E-state index is 11.8. The Balaban J connectivity index is 2.04. The van der Waals surface area contributed by atoms with E-state index in [0.717, 1.165) is 0 Å². The number of benzene rings is 1. The molecule has 7 heteroatoms. The Kier molecular flexibility index (Phi) is 3.56. The minimum atomic E-state index is -0.221. The summed E-state index contributed by atoms with van der Waals surface area (Å²) in [5, 5.41) is 4.99. The van der Waals surface area contributed by atoms with Crippen molar-refractivity contribution in [1.29, 1.82) is 0 Å². The van der Waals surface area contributed by atoms with Crippen LogP contribution in [0.2, 0.25) is 10.0 Å². The van der Waals surface area contributed by atoms with E-state index in [1.807, 2.05) is 0 Å². The van der Waals surface area contributed by atoms with Crippen LogP contribution in [0.15, 0.2) is 34.6 Å². The second kappa shape index (κ2) is 5.36. The molecular formula is C13H7Cl2N3OS. The molecule has 0 amide bonds. The third kappa shape index (κ3) is 2.47. The molecule has 2 heterocycles. The Bertz CT molecular complexity index is 849. The molecule has 0 atom stereocenters. The van der Waals surface area contributed by atoms with Crippen LogP contribution in [0.25, 0.3) is 17.1 Å². The van der Waals surface area contributed by atoms with Gasteiger partial charge in [0.15, 0.2) is 0 Å². The molecule has 4 nitrogen and oxygen atoms in total. The fourth-order valence-electron chi connectivity index (χ4n) is 1.70. The number of hydrogen-bond acceptors (Lipinski definition) is 4. The highest BCUT2D eigenvalue weighted by Crippen LogP contribution is 2.26. The zero-order chi connectivity index (χ0) is 14.1. The third-order valence-corrected chi connectivity index (χ3v) is 3.96. The molecule has 0 bridgehead atoms. The number of aromatic nitrogens is 3. The quantitative estimate of drug-likeness (QED) is 0.723. The van der Waals surface area contributed by atoms with Crippen molar-refractivity contribution in [2.45, 2.75) is 0 Å². The van der Waals surface area contributed by atoms with E-state index in [9.17, 15) is 4.79 Å². The van der Waals surface area contributed by atoms with Gasteiger partial charge in [-0.2, -0.15) is 9.61 Å². The van der Waals surface area contributed by atoms with Gasteiger partial charge in [-0.3, -0.25) is 4.79 Å². The summed E-state index contributed by atoms with van der Waals surface area (Å²) in [6.07, 6.45) is 3.44. The number of halogens is 2. The second-order valence-corrected chi connectivity index (χ2v) is 5.55. The van der Waals surface area contributed by atoms with Gasteiger partial charge < -0.3 is 0 Å². The fourth-order valence-corrected chi connectivity index (χ4v) is 2.85. The van der Waals surface area contributed by atoms with Gasteiger partial charge in [-0.15, -0.1) is 0 Å². The second-order valence-electron chi connectivity index (χ2n) is 3.92. The zero-order valence-corrected chi connectivity index (χ0v) is 12.3. The van der Waals surface area contributed by atoms with Crippen LogP contribution in [0.4, 0.5) is 0 Å². The molecule has 0 N–H and O–H groups in total. The molecule has 1 aromatic carbocycles. The molecule has 0 aliphatic heterocycles. The highest BCUT2D eigenvalue weighted by Gasteiger charge is 2.04. The Hall–Kier alpha value is -1.69. The summed E-state index contributed by atoms with van der Waals surface area (Å²) in [6, 6.07) is 6.69. The van der Waals surface area contributed by atoms with Crippen molar-refractivity contribution in [2.75, 3.05) is 0 Å². The normalized spacial score (nSPS) is 11.5. The zero-order valence-electron chi connectivity index (χ0n) is 9.96. The summed E-state index contributed by atoms with van der Waals surface area (Å²) >= 11 is 13.4. The van der Waals surface area contributed by atoms with Gasteiger partial charge in [0, 0.05) is 21.7 Å². The lowest BCUT2D eigenvalue weighted by molar-refractivity contribution is 0.897. The van der Waals surface area contributed by atoms with Crippen LogP contribution in [0.5, 0.6) is 0 Å². The molecule has 3 rings (SSSR count). The lowest BCUT2D eigenvalue weighted by Crippen LogP contribution is -2.13. The minimum absolute atomic E-state index is 0.221. The number of fused-ring (bicyclic) bond motifs is 1. The van der Waals surface area contributed by atoms with Crippen molar-refractivity contribution in [2.24, 2.45) is 0 Å². The topological polar surface area (TPSA) is 47.3 Å². The van der Waals surface area contributed by atoms with Crippen molar-refractivity contribution in [3.63, 3.8) is 0 Å². The molecule has 0 aliphatic rings. The first-order chi connectivity index (χ1) is 9.65. The Labute approximate surface area is 127 Å². The van der Waals surface area contributed by atoms with E-state index < -0.39 is 0 Å². The average molecular weight is 324 g/mol. The van der Waals surface area contributed by atoms with Crippen molar-refractivity contribution < 1.29 is 0 Å². The molecule has 0 spiro atoms. The van der Waals surface area contributed by atoms with Gasteiger partial charge in [0.2, 0.25) is 4.96 Å². The van der Waals surface area contributed by atoms with Crippen molar-refractivity contribution >= 4 is 51.7 Å². The van der Waals surface area contributed by atoms with Crippen molar-refractivity contribution in [3.8, 4) is 0 Å². The van der Waals surface area contributed by atoms with E-state index in [1.165, 1.54) is 21.9 Å². The van der Waals surface area contributed by atoms with Crippen LogP contribution in [-0.2, 0) is 0 Å². The van der Waals surface area contributed by atoms with Gasteiger partial charge in [0.05, 0.1) is 5.69 Å². The molecule has 0 unspecified atom stereocenters. The van der Waals surface area contributed by atoms with Crippen molar-refractivity contribution in [1.82, 2.24) is 14.6 Å². The lowest BCUT2D eigenvalue weighted by atomic mass is 10.2. The maximum Gasteiger partial charge on any atom is 0.275 e. The standard InChI is InChI=1S/C13H7Cl2N3OS/c14-10-2-1-3-11(15)9(10)5-4-8-6-12(19)18-13(17-8)20-7-16-18/h1-7H/b5-4+. The number of hydrogen-bond donors (Lipinski definition) is 0. The Morgan fingerprint density at radius 3 is 2.70 bits per heavy atom. The van der Waals surface area contributed by atoms with Crippen LogP contribution >= 0.6 is 34.5 Å². The van der Waals surface area contributed by atoms with Gasteiger partial charge in [-0.05, 0) is 24.3 Å². The summed E-state index contributed by atoms with van der Waals surface area (Å²) in [7, 11) is 0. The fraction of sp³-hybridized carbons (Fsp3) is 0. The molecule has 0 aliphatic carbocycles. The monoisotopic (exact) mass is 323 g/mol. The highest BCUT2D eigenvalue weighted by molar-refractivity contribution is 7.14. The predicted octanol–water partition coefficient (Wildman–Crippen LogP) is 3.63. The first-order valence-corrected chi connectivity index (χ1v) is 7.24. The molecule has 0 fully saturated rings. The highest BCUT2D eigenvalue weighted by atomic mass is 35.5. The van der Waals surface area contributed by atoms with Gasteiger partial charge in [-0.1, -0.05) is 40.6 Å². The van der Waals surface area contributed by atoms with Crippen molar-refractivity contribution in [3.05, 3.63) is 61.4 Å². The Morgan fingerprint density at radius 1 is 1.20 bits per heavy atom. The summed E-state index contributed by atoms with van der Waals surface area (Å²) < 4.78 is 1.25. The molecule has 2 aromatic heterocycles. The van der Waals surface area contributed by atoms with Crippen LogP contribution in [0.1, 0.15) is 11.3 Å². The van der Waals surface area contributed by atoms with Crippen LogP contribution in [-0.4, -0.2) is 14.6 Å². The summed E-state index contributed by atoms with van der Waals surface area (Å²) in [5.41, 5.74) is 2.58. The van der Waals surface area contributed by atoms with E-state index >= 15 is 0 Å². The molecule has 100 valence electrons. The lowest BCUT2D eigenvalue weighted by Gasteiger charge is -2.00. The van der Waals surface area contributed by atoms with E-state index in [-0.39, 0.29) is 5.56 Å². The smallest absolute Gasteiger partial charge is 0.267 e. The van der Waals surface area contributed by atoms with E-state index in [1.54, 1.807) is 35.9 Å². The van der Waals surface area contributed by atoms with Crippen LogP contribution < -0.4 is 5.56 Å². The first kappa shape index (κ1) is 13.3. The number of nitrogens with zero attached hydrogens (tertiary/aromatic N) is 3. The third-order valence-electron chi connectivity index (χ3n) is 2.63. The molecule has 0 saturated carbocycles. The van der Waals surface area contributed by atoms with Crippen LogP contribution in [0, 0.1) is 0 Å². The van der Waals surface area contributed by atoms with E-state index in [4.69, 9.17) is 23.2 Å². The van der Waals surface area contributed by atoms with E-state index in [2.05, 4.69) is 10.1 Å². The summed E-state index contributed by atoms with van der Waals surface area (Å²) in [5.74, 6) is 0. The first-order valence-electron chi connectivity index (χ1n) is 5.61. The molecule has 20 heavy (non-hydrogen) atoms. The minimum Gasteiger partial charge on any atom is -0.267 e. The Morgan fingerprint density at radius 2 is 1.95 bits per heavy atom. The van der Waals surface area contributed by atoms with Gasteiger partial charge in [-0.25, -0.2) is 4.98 Å². The van der Waals surface area contributed by atoms with Gasteiger partial charge in [0.1, 0.15) is 5.51 Å². The largest absolute Gasteiger partial charge is 0.275 e. The average Bonchev–Trinajstić information content (AvgIpc) is 2.87. The summed E-state index contributed by atoms with van der Waals surface area (Å²) in [4.78, 5) is 16.6. The predicted molar refractivity (Wildman–Crippen MR) is 82.5 cm³/mol. The van der Waals surface area contributed by atoms with E-state index in [0.29, 0.717) is 26.3 Å². The number of rotatable bonds is 2. The maximum atomic E-state index is 11.8. The van der Waals surface area contributed by atoms with Crippen LogP contribution in [0.3, 0.4) is 0 Å². The van der Waals surface area contributed by atoms with Gasteiger partial charge >= 0.3 is 0 Å². The van der Waals surface area contributed by atoms with Gasteiger partial charge in [0.25, 0.3) is 5.56 Å². The molecule has 0 radical (unpaired) electrons. The molecular weight excluding hydrogens is 317 g/mol. The SMILES string of the molecule is O=c1cc(/C=C/c2c(Cl)cccc2Cl)nc2scnn12. The molecule has 0 saturated heterocycles. The summed E-state index contributed by atoms with van der Waals surface area (Å²) in [6.45, 7) is 0.